The zero-order chi connectivity index (χ0) is 15.7. The molecule has 1 aromatic carbocycles. The van der Waals surface area contributed by atoms with Gasteiger partial charge in [-0.15, -0.1) is 0 Å². The van der Waals surface area contributed by atoms with Crippen molar-refractivity contribution in [3.8, 4) is 0 Å². The Kier molecular flexibility index (Phi) is 8.47. The molecule has 0 aliphatic heterocycles. The second-order valence-electron chi connectivity index (χ2n) is 5.49. The Hall–Kier alpha value is -1.00. The Balaban J connectivity index is 2.78. The average Bonchev–Trinajstić information content (AvgIpc) is 2.50. The zero-order valence-electron chi connectivity index (χ0n) is 13.5. The van der Waals surface area contributed by atoms with Crippen molar-refractivity contribution in [2.75, 3.05) is 26.7 Å². The molecular weight excluding hydrogens is 270 g/mol. The van der Waals surface area contributed by atoms with Crippen LogP contribution >= 0.6 is 0 Å². The highest BCUT2D eigenvalue weighted by molar-refractivity contribution is 5.22. The molecule has 0 aromatic heterocycles. The van der Waals surface area contributed by atoms with Gasteiger partial charge in [-0.1, -0.05) is 38.8 Å². The van der Waals surface area contributed by atoms with Crippen molar-refractivity contribution in [2.45, 2.75) is 45.6 Å². The maximum absolute atomic E-state index is 14.0. The van der Waals surface area contributed by atoms with Crippen LogP contribution in [0.5, 0.6) is 0 Å². The van der Waals surface area contributed by atoms with Crippen LogP contribution in [0.2, 0.25) is 0 Å². The number of benzene rings is 1. The van der Waals surface area contributed by atoms with E-state index in [9.17, 15) is 8.78 Å². The molecule has 0 spiro atoms. The van der Waals surface area contributed by atoms with Crippen LogP contribution in [0.1, 0.15) is 51.1 Å². The molecule has 4 heteroatoms. The monoisotopic (exact) mass is 298 g/mol. The standard InChI is InChI=1S/C17H28F2N2/c1-4-6-11-21(12-7-5-2)13-16(20-3)14-9-8-10-15(18)17(14)19/h8-10,16,20H,4-7,11-13H2,1-3H3. The predicted octanol–water partition coefficient (Wildman–Crippen LogP) is 4.13. The summed E-state index contributed by atoms with van der Waals surface area (Å²) in [5, 5.41) is 3.12. The van der Waals surface area contributed by atoms with Gasteiger partial charge in [0.15, 0.2) is 11.6 Å². The van der Waals surface area contributed by atoms with E-state index >= 15 is 0 Å². The molecule has 0 bridgehead atoms. The molecule has 21 heavy (non-hydrogen) atoms. The quantitative estimate of drug-likeness (QED) is 0.699. The number of nitrogens with zero attached hydrogens (tertiary/aromatic N) is 1. The van der Waals surface area contributed by atoms with Crippen LogP contribution in [-0.4, -0.2) is 31.6 Å². The van der Waals surface area contributed by atoms with Crippen molar-refractivity contribution >= 4 is 0 Å². The number of nitrogens with one attached hydrogen (secondary N) is 1. The van der Waals surface area contributed by atoms with E-state index in [2.05, 4.69) is 24.1 Å². The summed E-state index contributed by atoms with van der Waals surface area (Å²) in [5.74, 6) is -1.51. The van der Waals surface area contributed by atoms with Gasteiger partial charge in [0.25, 0.3) is 0 Å². The molecule has 0 saturated heterocycles. The first-order chi connectivity index (χ1) is 10.1. The maximum atomic E-state index is 14.0. The summed E-state index contributed by atoms with van der Waals surface area (Å²) in [4.78, 5) is 2.35. The number of likely N-dealkylation sites (N-methyl/N-ethyl adjacent to an activating group) is 1. The fourth-order valence-corrected chi connectivity index (χ4v) is 2.45. The van der Waals surface area contributed by atoms with Crippen molar-refractivity contribution in [3.63, 3.8) is 0 Å². The first kappa shape index (κ1) is 18.1. The number of hydrogen-bond donors (Lipinski definition) is 1. The highest BCUT2D eigenvalue weighted by atomic mass is 19.2. The highest BCUT2D eigenvalue weighted by Crippen LogP contribution is 2.20. The van der Waals surface area contributed by atoms with Crippen LogP contribution in [0.15, 0.2) is 18.2 Å². The topological polar surface area (TPSA) is 15.3 Å². The van der Waals surface area contributed by atoms with E-state index < -0.39 is 11.6 Å². The fraction of sp³-hybridized carbons (Fsp3) is 0.647. The molecular formula is C17H28F2N2. The molecule has 0 aliphatic rings. The minimum absolute atomic E-state index is 0.186. The van der Waals surface area contributed by atoms with Gasteiger partial charge in [-0.3, -0.25) is 0 Å². The summed E-state index contributed by atoms with van der Waals surface area (Å²) in [6, 6.07) is 4.21. The Morgan fingerprint density at radius 3 is 2.24 bits per heavy atom. The first-order valence-electron chi connectivity index (χ1n) is 7.97. The molecule has 0 heterocycles. The van der Waals surface area contributed by atoms with E-state index in [-0.39, 0.29) is 6.04 Å². The molecule has 1 aromatic rings. The molecule has 2 nitrogen and oxygen atoms in total. The number of halogens is 2. The molecule has 0 amide bonds. The average molecular weight is 298 g/mol. The van der Waals surface area contributed by atoms with Crippen LogP contribution in [0, 0.1) is 11.6 Å². The molecule has 1 atom stereocenters. The van der Waals surface area contributed by atoms with E-state index in [1.54, 1.807) is 19.2 Å². The van der Waals surface area contributed by atoms with Crippen LogP contribution in [0.3, 0.4) is 0 Å². The minimum atomic E-state index is -0.776. The zero-order valence-corrected chi connectivity index (χ0v) is 13.5. The third-order valence-corrected chi connectivity index (χ3v) is 3.80. The van der Waals surface area contributed by atoms with Crippen LogP contribution in [-0.2, 0) is 0 Å². The largest absolute Gasteiger partial charge is 0.312 e. The summed E-state index contributed by atoms with van der Waals surface area (Å²) in [6.07, 6.45) is 4.54. The maximum Gasteiger partial charge on any atom is 0.163 e. The molecule has 120 valence electrons. The van der Waals surface area contributed by atoms with E-state index in [4.69, 9.17) is 0 Å². The van der Waals surface area contributed by atoms with Crippen molar-refractivity contribution in [1.82, 2.24) is 10.2 Å². The molecule has 0 fully saturated rings. The van der Waals surface area contributed by atoms with E-state index in [1.165, 1.54) is 0 Å². The second kappa shape index (κ2) is 9.85. The third-order valence-electron chi connectivity index (χ3n) is 3.80. The van der Waals surface area contributed by atoms with Gasteiger partial charge in [-0.2, -0.15) is 0 Å². The summed E-state index contributed by atoms with van der Waals surface area (Å²) in [6.45, 7) is 7.05. The molecule has 0 radical (unpaired) electrons. The van der Waals surface area contributed by atoms with Crippen molar-refractivity contribution in [3.05, 3.63) is 35.4 Å². The van der Waals surface area contributed by atoms with Gasteiger partial charge >= 0.3 is 0 Å². The molecule has 0 aliphatic carbocycles. The lowest BCUT2D eigenvalue weighted by Crippen LogP contribution is -2.35. The summed E-state index contributed by atoms with van der Waals surface area (Å²) in [7, 11) is 1.80. The van der Waals surface area contributed by atoms with Gasteiger partial charge in [-0.05, 0) is 39.0 Å². The number of rotatable bonds is 10. The molecule has 1 rings (SSSR count). The lowest BCUT2D eigenvalue weighted by atomic mass is 10.0. The van der Waals surface area contributed by atoms with Crippen LogP contribution in [0.4, 0.5) is 8.78 Å². The fourth-order valence-electron chi connectivity index (χ4n) is 2.45. The first-order valence-corrected chi connectivity index (χ1v) is 7.97. The number of unbranched alkanes of at least 4 members (excludes halogenated alkanes) is 2. The third kappa shape index (κ3) is 5.71. The van der Waals surface area contributed by atoms with Crippen molar-refractivity contribution in [1.29, 1.82) is 0 Å². The Morgan fingerprint density at radius 1 is 1.10 bits per heavy atom. The summed E-state index contributed by atoms with van der Waals surface area (Å²) >= 11 is 0. The van der Waals surface area contributed by atoms with Gasteiger partial charge in [-0.25, -0.2) is 8.78 Å². The van der Waals surface area contributed by atoms with E-state index in [1.807, 2.05) is 0 Å². The predicted molar refractivity (Wildman–Crippen MR) is 84.4 cm³/mol. The highest BCUT2D eigenvalue weighted by Gasteiger charge is 2.19. The molecule has 0 saturated carbocycles. The van der Waals surface area contributed by atoms with Gasteiger partial charge in [0.2, 0.25) is 0 Å². The van der Waals surface area contributed by atoms with Gasteiger partial charge < -0.3 is 10.2 Å². The van der Waals surface area contributed by atoms with Gasteiger partial charge in [0, 0.05) is 18.2 Å². The lowest BCUT2D eigenvalue weighted by molar-refractivity contribution is 0.237. The summed E-state index contributed by atoms with van der Waals surface area (Å²) < 4.78 is 27.4. The van der Waals surface area contributed by atoms with Crippen LogP contribution in [0.25, 0.3) is 0 Å². The summed E-state index contributed by atoms with van der Waals surface area (Å²) in [5.41, 5.74) is 0.412. The lowest BCUT2D eigenvalue weighted by Gasteiger charge is -2.28. The van der Waals surface area contributed by atoms with Crippen molar-refractivity contribution in [2.24, 2.45) is 0 Å². The Labute approximate surface area is 127 Å². The van der Waals surface area contributed by atoms with Crippen molar-refractivity contribution < 1.29 is 8.78 Å². The minimum Gasteiger partial charge on any atom is -0.312 e. The van der Waals surface area contributed by atoms with E-state index in [0.29, 0.717) is 12.1 Å². The smallest absolute Gasteiger partial charge is 0.163 e. The van der Waals surface area contributed by atoms with Crippen LogP contribution < -0.4 is 5.32 Å². The number of hydrogen-bond acceptors (Lipinski definition) is 2. The molecule has 1 unspecified atom stereocenters. The second-order valence-corrected chi connectivity index (χ2v) is 5.49. The van der Waals surface area contributed by atoms with E-state index in [0.717, 1.165) is 44.8 Å². The van der Waals surface area contributed by atoms with Gasteiger partial charge in [0.1, 0.15) is 0 Å². The normalized spacial score (nSPS) is 12.9. The molecule has 1 N–H and O–H groups in total. The SMILES string of the molecule is CCCCN(CCCC)CC(NC)c1cccc(F)c1F. The Bertz CT molecular complexity index is 402. The Morgan fingerprint density at radius 2 is 1.71 bits per heavy atom. The van der Waals surface area contributed by atoms with Gasteiger partial charge in [0.05, 0.1) is 0 Å².